The molecule has 18 heavy (non-hydrogen) atoms. The highest BCUT2D eigenvalue weighted by Gasteiger charge is 2.35. The van der Waals surface area contributed by atoms with Gasteiger partial charge in [-0.05, 0) is 58.8 Å². The molecule has 0 radical (unpaired) electrons. The van der Waals surface area contributed by atoms with E-state index in [9.17, 15) is 5.26 Å². The second-order valence-electron chi connectivity index (χ2n) is 6.84. The first-order chi connectivity index (χ1) is 8.41. The molecule has 2 heteroatoms. The van der Waals surface area contributed by atoms with Crippen LogP contribution in [-0.4, -0.2) is 12.2 Å². The summed E-state index contributed by atoms with van der Waals surface area (Å²) in [5, 5.41) is 9.48. The van der Waals surface area contributed by atoms with Crippen LogP contribution >= 0.6 is 0 Å². The van der Waals surface area contributed by atoms with Crippen LogP contribution in [0.5, 0.6) is 0 Å². The zero-order valence-corrected chi connectivity index (χ0v) is 12.6. The molecule has 1 rings (SSSR count). The normalized spacial score (nSPS) is 28.9. The van der Waals surface area contributed by atoms with Gasteiger partial charge in [-0.2, -0.15) is 5.26 Å². The average Bonchev–Trinajstić information content (AvgIpc) is 2.30. The molecule has 0 saturated heterocycles. The van der Waals surface area contributed by atoms with Crippen molar-refractivity contribution < 1.29 is 4.74 Å². The van der Waals surface area contributed by atoms with Gasteiger partial charge >= 0.3 is 0 Å². The van der Waals surface area contributed by atoms with Crippen LogP contribution in [0, 0.1) is 22.7 Å². The van der Waals surface area contributed by atoms with Gasteiger partial charge in [0.25, 0.3) is 0 Å². The number of ether oxygens (including phenoxy) is 1. The van der Waals surface area contributed by atoms with Crippen molar-refractivity contribution in [1.82, 2.24) is 0 Å². The minimum atomic E-state index is -0.102. The summed E-state index contributed by atoms with van der Waals surface area (Å²) in [5.74, 6) is 0.861. The lowest BCUT2D eigenvalue weighted by molar-refractivity contribution is -0.0183. The van der Waals surface area contributed by atoms with E-state index in [1.54, 1.807) is 0 Å². The third kappa shape index (κ3) is 4.98. The Morgan fingerprint density at radius 3 is 2.33 bits per heavy atom. The molecule has 0 amide bonds. The van der Waals surface area contributed by atoms with Crippen LogP contribution in [0.25, 0.3) is 0 Å². The summed E-state index contributed by atoms with van der Waals surface area (Å²) in [6.45, 7) is 9.19. The highest BCUT2D eigenvalue weighted by atomic mass is 16.5. The van der Waals surface area contributed by atoms with E-state index in [1.165, 1.54) is 25.7 Å². The number of hydrogen-bond donors (Lipinski definition) is 0. The lowest BCUT2D eigenvalue weighted by Gasteiger charge is -2.35. The first-order valence-corrected chi connectivity index (χ1v) is 7.46. The predicted molar refractivity (Wildman–Crippen MR) is 75.2 cm³/mol. The molecule has 0 aromatic heterocycles. The van der Waals surface area contributed by atoms with Crippen molar-refractivity contribution in [2.75, 3.05) is 6.61 Å². The number of nitriles is 1. The summed E-state index contributed by atoms with van der Waals surface area (Å²) in [7, 11) is 0. The minimum absolute atomic E-state index is 0.0872. The van der Waals surface area contributed by atoms with Crippen molar-refractivity contribution in [1.29, 1.82) is 5.26 Å². The molecule has 0 heterocycles. The molecular formula is C16H29NO. The van der Waals surface area contributed by atoms with Gasteiger partial charge in [-0.3, -0.25) is 0 Å². The van der Waals surface area contributed by atoms with Crippen molar-refractivity contribution in [3.8, 4) is 6.07 Å². The van der Waals surface area contributed by atoms with E-state index in [4.69, 9.17) is 4.74 Å². The fourth-order valence-electron chi connectivity index (χ4n) is 2.90. The van der Waals surface area contributed by atoms with Crippen LogP contribution in [0.1, 0.15) is 72.6 Å². The van der Waals surface area contributed by atoms with Crippen LogP contribution in [0.3, 0.4) is 0 Å². The van der Waals surface area contributed by atoms with E-state index >= 15 is 0 Å². The van der Waals surface area contributed by atoms with Gasteiger partial charge in [-0.1, -0.05) is 19.8 Å². The largest absolute Gasteiger partial charge is 0.376 e. The smallest absolute Gasteiger partial charge is 0.0690 e. The maximum Gasteiger partial charge on any atom is 0.0690 e. The van der Waals surface area contributed by atoms with Gasteiger partial charge in [0, 0.05) is 6.61 Å². The molecule has 0 aliphatic heterocycles. The van der Waals surface area contributed by atoms with Gasteiger partial charge in [-0.25, -0.2) is 0 Å². The fraction of sp³-hybridized carbons (Fsp3) is 0.938. The molecular weight excluding hydrogens is 222 g/mol. The molecule has 104 valence electrons. The summed E-state index contributed by atoms with van der Waals surface area (Å²) >= 11 is 0. The number of rotatable bonds is 5. The van der Waals surface area contributed by atoms with Gasteiger partial charge in [0.15, 0.2) is 0 Å². The Morgan fingerprint density at radius 1 is 1.28 bits per heavy atom. The van der Waals surface area contributed by atoms with Crippen molar-refractivity contribution in [2.24, 2.45) is 11.3 Å². The molecule has 1 fully saturated rings. The van der Waals surface area contributed by atoms with E-state index in [0.717, 1.165) is 31.8 Å². The molecule has 0 unspecified atom stereocenters. The quantitative estimate of drug-likeness (QED) is 0.710. The number of nitrogens with zero attached hydrogens (tertiary/aromatic N) is 1. The molecule has 1 aliphatic rings. The third-order valence-corrected chi connectivity index (χ3v) is 4.11. The van der Waals surface area contributed by atoms with Crippen molar-refractivity contribution in [3.05, 3.63) is 0 Å². The Kier molecular flexibility index (Phi) is 5.66. The average molecular weight is 251 g/mol. The standard InChI is InChI=1S/C16H29NO/c1-5-6-14-7-9-16(13-17,10-8-14)11-12-18-15(2,3)4/h14H,5-12H2,1-4H3. The maximum absolute atomic E-state index is 9.48. The van der Waals surface area contributed by atoms with Crippen LogP contribution in [-0.2, 0) is 4.74 Å². The van der Waals surface area contributed by atoms with Crippen molar-refractivity contribution in [3.63, 3.8) is 0 Å². The van der Waals surface area contributed by atoms with Gasteiger partial charge in [0.1, 0.15) is 0 Å². The van der Waals surface area contributed by atoms with E-state index in [2.05, 4.69) is 33.8 Å². The highest BCUT2D eigenvalue weighted by molar-refractivity contribution is 5.01. The zero-order valence-electron chi connectivity index (χ0n) is 12.6. The Bertz CT molecular complexity index is 276. The zero-order chi connectivity index (χ0) is 13.6. The lowest BCUT2D eigenvalue weighted by atomic mass is 9.69. The first-order valence-electron chi connectivity index (χ1n) is 7.46. The van der Waals surface area contributed by atoms with E-state index in [1.807, 2.05) is 0 Å². The van der Waals surface area contributed by atoms with E-state index in [0.29, 0.717) is 0 Å². The van der Waals surface area contributed by atoms with E-state index < -0.39 is 0 Å². The summed E-state index contributed by atoms with van der Waals surface area (Å²) in [4.78, 5) is 0. The maximum atomic E-state index is 9.48. The molecule has 0 aromatic rings. The second-order valence-corrected chi connectivity index (χ2v) is 6.84. The SMILES string of the molecule is CCCC1CCC(C#N)(CCOC(C)(C)C)CC1. The van der Waals surface area contributed by atoms with Crippen LogP contribution in [0.4, 0.5) is 0 Å². The van der Waals surface area contributed by atoms with Crippen LogP contribution in [0.15, 0.2) is 0 Å². The topological polar surface area (TPSA) is 33.0 Å². The van der Waals surface area contributed by atoms with Gasteiger partial charge in [-0.15, -0.1) is 0 Å². The Hall–Kier alpha value is -0.550. The van der Waals surface area contributed by atoms with E-state index in [-0.39, 0.29) is 11.0 Å². The first kappa shape index (κ1) is 15.5. The van der Waals surface area contributed by atoms with Crippen molar-refractivity contribution in [2.45, 2.75) is 78.2 Å². The lowest BCUT2D eigenvalue weighted by Crippen LogP contribution is -2.29. The second kappa shape index (κ2) is 6.57. The molecule has 2 nitrogen and oxygen atoms in total. The van der Waals surface area contributed by atoms with Crippen LogP contribution in [0.2, 0.25) is 0 Å². The monoisotopic (exact) mass is 251 g/mol. The van der Waals surface area contributed by atoms with Gasteiger partial charge < -0.3 is 4.74 Å². The van der Waals surface area contributed by atoms with Crippen molar-refractivity contribution >= 4 is 0 Å². The predicted octanol–water partition coefficient (Wildman–Crippen LogP) is 4.69. The molecule has 0 N–H and O–H groups in total. The number of hydrogen-bond acceptors (Lipinski definition) is 2. The summed E-state index contributed by atoms with van der Waals surface area (Å²) in [5.41, 5.74) is -0.189. The molecule has 1 aliphatic carbocycles. The fourth-order valence-corrected chi connectivity index (χ4v) is 2.90. The highest BCUT2D eigenvalue weighted by Crippen LogP contribution is 2.42. The Labute approximate surface area is 113 Å². The minimum Gasteiger partial charge on any atom is -0.376 e. The molecule has 0 aromatic carbocycles. The van der Waals surface area contributed by atoms with Gasteiger partial charge in [0.2, 0.25) is 0 Å². The molecule has 0 spiro atoms. The molecule has 0 atom stereocenters. The molecule has 1 saturated carbocycles. The van der Waals surface area contributed by atoms with Crippen LogP contribution < -0.4 is 0 Å². The summed E-state index contributed by atoms with van der Waals surface area (Å²) in [6.07, 6.45) is 8.12. The summed E-state index contributed by atoms with van der Waals surface area (Å²) in [6, 6.07) is 2.59. The third-order valence-electron chi connectivity index (χ3n) is 4.11. The summed E-state index contributed by atoms with van der Waals surface area (Å²) < 4.78 is 5.78. The molecule has 0 bridgehead atoms. The Balaban J connectivity index is 2.39. The van der Waals surface area contributed by atoms with Gasteiger partial charge in [0.05, 0.1) is 17.1 Å². The Morgan fingerprint density at radius 2 is 1.89 bits per heavy atom.